The molecule has 0 spiro atoms. The van der Waals surface area contributed by atoms with E-state index in [0.29, 0.717) is 36.7 Å². The minimum Gasteiger partial charge on any atom is -0.484 e. The first-order valence-electron chi connectivity index (χ1n) is 8.85. The van der Waals surface area contributed by atoms with Crippen LogP contribution in [0.15, 0.2) is 42.5 Å². The Morgan fingerprint density at radius 3 is 2.43 bits per heavy atom. The highest BCUT2D eigenvalue weighted by molar-refractivity contribution is 6.33. The monoisotopic (exact) mass is 424 g/mol. The minimum atomic E-state index is -0.656. The van der Waals surface area contributed by atoms with Crippen LogP contribution in [-0.4, -0.2) is 42.5 Å². The van der Waals surface area contributed by atoms with E-state index in [-0.39, 0.29) is 29.1 Å². The van der Waals surface area contributed by atoms with Crippen LogP contribution in [0.1, 0.15) is 23.2 Å². The van der Waals surface area contributed by atoms with Crippen molar-refractivity contribution in [2.75, 3.05) is 19.7 Å². The Morgan fingerprint density at radius 2 is 1.79 bits per heavy atom. The largest absolute Gasteiger partial charge is 0.484 e. The van der Waals surface area contributed by atoms with Crippen LogP contribution in [0.4, 0.5) is 4.39 Å². The Bertz CT molecular complexity index is 833. The summed E-state index contributed by atoms with van der Waals surface area (Å²) in [5, 5.41) is 3.46. The maximum atomic E-state index is 13.9. The number of carbonyl (C=O) groups excluding carboxylic acids is 2. The molecule has 148 valence electrons. The maximum absolute atomic E-state index is 13.9. The zero-order valence-corrected chi connectivity index (χ0v) is 16.5. The van der Waals surface area contributed by atoms with Crippen molar-refractivity contribution in [3.8, 4) is 5.75 Å². The fraction of sp³-hybridized carbons (Fsp3) is 0.300. The van der Waals surface area contributed by atoms with Crippen molar-refractivity contribution in [3.05, 3.63) is 63.9 Å². The zero-order valence-electron chi connectivity index (χ0n) is 15.0. The number of ether oxygens (including phenoxy) is 1. The van der Waals surface area contributed by atoms with Gasteiger partial charge in [-0.15, -0.1) is 0 Å². The van der Waals surface area contributed by atoms with Crippen molar-refractivity contribution < 1.29 is 18.7 Å². The van der Waals surface area contributed by atoms with Crippen molar-refractivity contribution in [2.24, 2.45) is 0 Å². The molecule has 1 N–H and O–H groups in total. The fourth-order valence-electron chi connectivity index (χ4n) is 3.01. The lowest BCUT2D eigenvalue weighted by atomic mass is 10.0. The van der Waals surface area contributed by atoms with E-state index in [2.05, 4.69) is 5.32 Å². The Kier molecular flexibility index (Phi) is 6.75. The second-order valence-electron chi connectivity index (χ2n) is 6.47. The predicted molar refractivity (Wildman–Crippen MR) is 105 cm³/mol. The number of benzene rings is 2. The summed E-state index contributed by atoms with van der Waals surface area (Å²) in [4.78, 5) is 26.3. The number of nitrogens with one attached hydrogen (secondary N) is 1. The lowest BCUT2D eigenvalue weighted by molar-refractivity contribution is -0.134. The van der Waals surface area contributed by atoms with Crippen LogP contribution in [0, 0.1) is 5.82 Å². The average molecular weight is 425 g/mol. The molecule has 2 aromatic carbocycles. The summed E-state index contributed by atoms with van der Waals surface area (Å²) in [7, 11) is 0. The van der Waals surface area contributed by atoms with Crippen molar-refractivity contribution >= 4 is 35.0 Å². The Labute approximate surface area is 172 Å². The van der Waals surface area contributed by atoms with Crippen molar-refractivity contribution in [3.63, 3.8) is 0 Å². The average Bonchev–Trinajstić information content (AvgIpc) is 2.68. The molecule has 0 bridgehead atoms. The van der Waals surface area contributed by atoms with Crippen LogP contribution in [0.25, 0.3) is 0 Å². The second kappa shape index (κ2) is 9.26. The van der Waals surface area contributed by atoms with Crippen LogP contribution in [0.3, 0.4) is 0 Å². The van der Waals surface area contributed by atoms with E-state index in [1.54, 1.807) is 29.2 Å². The summed E-state index contributed by atoms with van der Waals surface area (Å²) >= 11 is 11.7. The molecule has 1 fully saturated rings. The number of halogens is 3. The third kappa shape index (κ3) is 5.14. The molecule has 0 unspecified atom stereocenters. The number of likely N-dealkylation sites (tertiary alicyclic amines) is 1. The maximum Gasteiger partial charge on any atom is 0.260 e. The van der Waals surface area contributed by atoms with Gasteiger partial charge in [-0.3, -0.25) is 9.59 Å². The summed E-state index contributed by atoms with van der Waals surface area (Å²) in [6.07, 6.45) is 1.15. The van der Waals surface area contributed by atoms with Gasteiger partial charge in [0.15, 0.2) is 6.61 Å². The number of amides is 2. The molecule has 1 saturated heterocycles. The molecule has 0 aliphatic carbocycles. The Morgan fingerprint density at radius 1 is 1.11 bits per heavy atom. The first-order valence-corrected chi connectivity index (χ1v) is 9.60. The van der Waals surface area contributed by atoms with E-state index in [1.165, 1.54) is 18.2 Å². The first-order chi connectivity index (χ1) is 13.4. The van der Waals surface area contributed by atoms with Gasteiger partial charge in [0.05, 0.1) is 10.6 Å². The molecule has 1 aliphatic rings. The van der Waals surface area contributed by atoms with E-state index in [9.17, 15) is 14.0 Å². The predicted octanol–water partition coefficient (Wildman–Crippen LogP) is 3.93. The number of nitrogens with zero attached hydrogens (tertiary/aromatic N) is 1. The molecule has 28 heavy (non-hydrogen) atoms. The van der Waals surface area contributed by atoms with E-state index in [0.717, 1.165) is 0 Å². The molecular weight excluding hydrogens is 406 g/mol. The third-order valence-electron chi connectivity index (χ3n) is 4.55. The molecule has 0 radical (unpaired) electrons. The van der Waals surface area contributed by atoms with Gasteiger partial charge in [0.2, 0.25) is 0 Å². The standard InChI is InChI=1S/C20H19Cl2FN2O3/c21-13-4-6-15(7-5-13)28-12-18(26)25-10-8-14(9-11-25)24-20(27)19-16(22)2-1-3-17(19)23/h1-7,14H,8-12H2,(H,24,27). The lowest BCUT2D eigenvalue weighted by Crippen LogP contribution is -2.47. The van der Waals surface area contributed by atoms with Gasteiger partial charge in [-0.2, -0.15) is 0 Å². The molecule has 2 amide bonds. The van der Waals surface area contributed by atoms with Gasteiger partial charge in [-0.1, -0.05) is 29.3 Å². The molecule has 0 atom stereocenters. The molecule has 8 heteroatoms. The summed E-state index contributed by atoms with van der Waals surface area (Å²) < 4.78 is 19.3. The molecule has 1 heterocycles. The summed E-state index contributed by atoms with van der Waals surface area (Å²) in [5.41, 5.74) is -0.154. The van der Waals surface area contributed by atoms with Gasteiger partial charge in [0, 0.05) is 24.2 Å². The van der Waals surface area contributed by atoms with E-state index >= 15 is 0 Å². The molecule has 0 saturated carbocycles. The van der Waals surface area contributed by atoms with Gasteiger partial charge in [-0.25, -0.2) is 4.39 Å². The number of carbonyl (C=O) groups is 2. The number of hydrogen-bond acceptors (Lipinski definition) is 3. The van der Waals surface area contributed by atoms with Crippen LogP contribution in [0.5, 0.6) is 5.75 Å². The highest BCUT2D eigenvalue weighted by Crippen LogP contribution is 2.20. The molecular formula is C20H19Cl2FN2O3. The van der Waals surface area contributed by atoms with E-state index < -0.39 is 11.7 Å². The molecule has 0 aromatic heterocycles. The topological polar surface area (TPSA) is 58.6 Å². The third-order valence-corrected chi connectivity index (χ3v) is 5.12. The van der Waals surface area contributed by atoms with Crippen LogP contribution in [-0.2, 0) is 4.79 Å². The minimum absolute atomic E-state index is 0.0660. The molecule has 5 nitrogen and oxygen atoms in total. The molecule has 2 aromatic rings. The van der Waals surface area contributed by atoms with E-state index in [4.69, 9.17) is 27.9 Å². The Hall–Kier alpha value is -2.31. The number of piperidine rings is 1. The summed E-state index contributed by atoms with van der Waals surface area (Å²) in [6, 6.07) is 10.8. The smallest absolute Gasteiger partial charge is 0.260 e. The second-order valence-corrected chi connectivity index (χ2v) is 7.31. The fourth-order valence-corrected chi connectivity index (χ4v) is 3.39. The van der Waals surface area contributed by atoms with Gasteiger partial charge in [0.25, 0.3) is 11.8 Å². The highest BCUT2D eigenvalue weighted by Gasteiger charge is 2.25. The normalized spacial score (nSPS) is 14.6. The highest BCUT2D eigenvalue weighted by atomic mass is 35.5. The van der Waals surface area contributed by atoms with Gasteiger partial charge in [0.1, 0.15) is 11.6 Å². The summed E-state index contributed by atoms with van der Waals surface area (Å²) in [5.74, 6) is -0.755. The molecule has 3 rings (SSSR count). The van der Waals surface area contributed by atoms with Gasteiger partial charge >= 0.3 is 0 Å². The van der Waals surface area contributed by atoms with Crippen molar-refractivity contribution in [2.45, 2.75) is 18.9 Å². The van der Waals surface area contributed by atoms with Crippen LogP contribution < -0.4 is 10.1 Å². The lowest BCUT2D eigenvalue weighted by Gasteiger charge is -2.32. The number of hydrogen-bond donors (Lipinski definition) is 1. The van der Waals surface area contributed by atoms with Crippen molar-refractivity contribution in [1.29, 1.82) is 0 Å². The first kappa shape index (κ1) is 20.4. The van der Waals surface area contributed by atoms with Gasteiger partial charge < -0.3 is 15.0 Å². The van der Waals surface area contributed by atoms with Gasteiger partial charge in [-0.05, 0) is 49.2 Å². The van der Waals surface area contributed by atoms with Crippen LogP contribution in [0.2, 0.25) is 10.0 Å². The summed E-state index contributed by atoms with van der Waals surface area (Å²) in [6.45, 7) is 0.904. The SMILES string of the molecule is O=C(NC1CCN(C(=O)COc2ccc(Cl)cc2)CC1)c1c(F)cccc1Cl. The number of rotatable bonds is 5. The van der Waals surface area contributed by atoms with Crippen molar-refractivity contribution in [1.82, 2.24) is 10.2 Å². The zero-order chi connectivity index (χ0) is 20.1. The van der Waals surface area contributed by atoms with E-state index in [1.807, 2.05) is 0 Å². The van der Waals surface area contributed by atoms with Crippen LogP contribution >= 0.6 is 23.2 Å². The molecule has 1 aliphatic heterocycles. The Balaban J connectivity index is 1.46. The quantitative estimate of drug-likeness (QED) is 0.790.